The summed E-state index contributed by atoms with van der Waals surface area (Å²) in [5, 5.41) is 0.176. The number of aromatic nitrogens is 3. The number of esters is 1. The van der Waals surface area contributed by atoms with Crippen LogP contribution < -0.4 is 27.6 Å². The molecule has 12 nitrogen and oxygen atoms in total. The highest BCUT2D eigenvalue weighted by Crippen LogP contribution is 2.22. The largest absolute Gasteiger partial charge is 0.452 e. The maximum absolute atomic E-state index is 12.9. The van der Waals surface area contributed by atoms with Gasteiger partial charge in [-0.05, 0) is 24.9 Å². The molecule has 0 fully saturated rings. The van der Waals surface area contributed by atoms with Crippen molar-refractivity contribution in [3.8, 4) is 0 Å². The lowest BCUT2D eigenvalue weighted by atomic mass is 10.2. The fraction of sp³-hybridized carbons (Fsp3) is 0.500. The molecule has 2 aromatic heterocycles. The third-order valence-corrected chi connectivity index (χ3v) is 5.23. The summed E-state index contributed by atoms with van der Waals surface area (Å²) in [5.41, 5.74) is 10.6. The SMILES string of the molecule is CCCCn1c(N)c(N(CCOC)C(=O)COC(=O)c2c(C)nsc2N)c(=O)[nH]c1=O. The average Bonchev–Trinajstić information content (AvgIpc) is 3.06. The van der Waals surface area contributed by atoms with Crippen LogP contribution in [-0.2, 0) is 20.8 Å². The molecule has 2 heterocycles. The number of hydrogen-bond acceptors (Lipinski definition) is 10. The van der Waals surface area contributed by atoms with Crippen molar-refractivity contribution >= 4 is 39.9 Å². The summed E-state index contributed by atoms with van der Waals surface area (Å²) in [7, 11) is 1.42. The van der Waals surface area contributed by atoms with Crippen molar-refractivity contribution in [1.82, 2.24) is 13.9 Å². The molecule has 0 saturated carbocycles. The lowest BCUT2D eigenvalue weighted by Gasteiger charge is -2.24. The van der Waals surface area contributed by atoms with E-state index in [-0.39, 0.29) is 41.8 Å². The normalized spacial score (nSPS) is 10.8. The molecule has 2 aromatic rings. The Bertz CT molecular complexity index is 1040. The van der Waals surface area contributed by atoms with Gasteiger partial charge in [-0.3, -0.25) is 24.0 Å². The second kappa shape index (κ2) is 10.7. The molecule has 2 rings (SSSR count). The Labute approximate surface area is 181 Å². The Kier molecular flexibility index (Phi) is 8.33. The monoisotopic (exact) mass is 454 g/mol. The number of nitrogens with two attached hydrogens (primary N) is 2. The van der Waals surface area contributed by atoms with Gasteiger partial charge in [0, 0.05) is 20.2 Å². The number of carbonyl (C=O) groups is 2. The van der Waals surface area contributed by atoms with Crippen molar-refractivity contribution in [3.05, 3.63) is 32.1 Å². The standard InChI is InChI=1S/C18H26N6O6S/c1-4-5-6-24-14(19)13(16(26)21-18(24)28)23(7-8-29-3)11(25)9-30-17(27)12-10(2)22-31-15(12)20/h4-9,19-20H2,1-3H3,(H,21,26,28). The number of unbranched alkanes of at least 4 members (excludes halogenated alkanes) is 1. The van der Waals surface area contributed by atoms with Crippen molar-refractivity contribution in [2.75, 3.05) is 43.2 Å². The van der Waals surface area contributed by atoms with Gasteiger partial charge in [-0.1, -0.05) is 13.3 Å². The summed E-state index contributed by atoms with van der Waals surface area (Å²) in [5.74, 6) is -1.68. The number of nitrogen functional groups attached to an aromatic ring is 2. The molecule has 0 bridgehead atoms. The maximum atomic E-state index is 12.9. The number of aromatic amines is 1. The number of aryl methyl sites for hydroxylation is 1. The zero-order valence-corrected chi connectivity index (χ0v) is 18.4. The zero-order valence-electron chi connectivity index (χ0n) is 17.6. The topological polar surface area (TPSA) is 176 Å². The summed E-state index contributed by atoms with van der Waals surface area (Å²) in [6, 6.07) is 0. The van der Waals surface area contributed by atoms with Gasteiger partial charge in [-0.25, -0.2) is 9.59 Å². The molecule has 0 aliphatic heterocycles. The van der Waals surface area contributed by atoms with E-state index >= 15 is 0 Å². The van der Waals surface area contributed by atoms with Gasteiger partial charge in [0.2, 0.25) is 0 Å². The minimum absolute atomic E-state index is 0.0483. The van der Waals surface area contributed by atoms with E-state index in [4.69, 9.17) is 20.9 Å². The molecule has 0 radical (unpaired) electrons. The number of carbonyl (C=O) groups excluding carboxylic acids is 2. The number of ether oxygens (including phenoxy) is 2. The predicted octanol–water partition coefficient (Wildman–Crippen LogP) is 0.102. The molecule has 0 saturated heterocycles. The molecular formula is C18H26N6O6S. The van der Waals surface area contributed by atoms with E-state index in [0.717, 1.165) is 22.9 Å². The highest BCUT2D eigenvalue weighted by Gasteiger charge is 2.26. The van der Waals surface area contributed by atoms with Crippen LogP contribution in [0.3, 0.4) is 0 Å². The van der Waals surface area contributed by atoms with Crippen LogP contribution in [0.2, 0.25) is 0 Å². The molecule has 0 spiro atoms. The summed E-state index contributed by atoms with van der Waals surface area (Å²) >= 11 is 0.942. The lowest BCUT2D eigenvalue weighted by Crippen LogP contribution is -2.44. The Morgan fingerprint density at radius 2 is 2.00 bits per heavy atom. The number of H-pyrrole nitrogens is 1. The first-order valence-electron chi connectivity index (χ1n) is 9.53. The van der Waals surface area contributed by atoms with Crippen molar-refractivity contribution in [3.63, 3.8) is 0 Å². The van der Waals surface area contributed by atoms with Gasteiger partial charge in [0.05, 0.1) is 12.3 Å². The number of anilines is 3. The van der Waals surface area contributed by atoms with Gasteiger partial charge in [0.15, 0.2) is 12.3 Å². The second-order valence-electron chi connectivity index (χ2n) is 6.62. The van der Waals surface area contributed by atoms with Crippen molar-refractivity contribution in [2.45, 2.75) is 33.2 Å². The molecule has 0 unspecified atom stereocenters. The number of nitrogens with one attached hydrogen (secondary N) is 1. The summed E-state index contributed by atoms with van der Waals surface area (Å²) in [6.07, 6.45) is 1.44. The average molecular weight is 455 g/mol. The van der Waals surface area contributed by atoms with E-state index < -0.39 is 29.7 Å². The van der Waals surface area contributed by atoms with Crippen molar-refractivity contribution in [2.24, 2.45) is 0 Å². The van der Waals surface area contributed by atoms with Crippen LogP contribution in [0.5, 0.6) is 0 Å². The molecule has 0 aliphatic carbocycles. The quantitative estimate of drug-likeness (QED) is 0.420. The van der Waals surface area contributed by atoms with E-state index in [9.17, 15) is 19.2 Å². The first-order chi connectivity index (χ1) is 14.7. The molecule has 1 amide bonds. The fourth-order valence-electron chi connectivity index (χ4n) is 2.83. The summed E-state index contributed by atoms with van der Waals surface area (Å²) in [6.45, 7) is 3.16. The Morgan fingerprint density at radius 3 is 2.58 bits per heavy atom. The fourth-order valence-corrected chi connectivity index (χ4v) is 3.48. The molecule has 5 N–H and O–H groups in total. The van der Waals surface area contributed by atoms with Crippen molar-refractivity contribution < 1.29 is 19.1 Å². The van der Waals surface area contributed by atoms with Crippen molar-refractivity contribution in [1.29, 1.82) is 0 Å². The van der Waals surface area contributed by atoms with Gasteiger partial charge in [-0.2, -0.15) is 4.37 Å². The number of methoxy groups -OCH3 is 1. The number of nitrogens with zero attached hydrogens (tertiary/aromatic N) is 3. The van der Waals surface area contributed by atoms with Crippen LogP contribution in [0, 0.1) is 6.92 Å². The second-order valence-corrected chi connectivity index (χ2v) is 7.42. The number of amides is 1. The van der Waals surface area contributed by atoms with Gasteiger partial charge in [-0.15, -0.1) is 0 Å². The summed E-state index contributed by atoms with van der Waals surface area (Å²) in [4.78, 5) is 53.0. The molecular weight excluding hydrogens is 428 g/mol. The molecule has 170 valence electrons. The molecule has 13 heteroatoms. The van der Waals surface area contributed by atoms with E-state index in [1.165, 1.54) is 11.7 Å². The van der Waals surface area contributed by atoms with Crippen LogP contribution in [0.1, 0.15) is 35.8 Å². The van der Waals surface area contributed by atoms with Gasteiger partial charge in [0.1, 0.15) is 16.4 Å². The van der Waals surface area contributed by atoms with Crippen LogP contribution >= 0.6 is 11.5 Å². The Morgan fingerprint density at radius 1 is 1.29 bits per heavy atom. The maximum Gasteiger partial charge on any atom is 0.343 e. The summed E-state index contributed by atoms with van der Waals surface area (Å²) < 4.78 is 15.3. The van der Waals surface area contributed by atoms with Crippen LogP contribution in [0.4, 0.5) is 16.5 Å². The first-order valence-corrected chi connectivity index (χ1v) is 10.3. The minimum atomic E-state index is -0.826. The third-order valence-electron chi connectivity index (χ3n) is 4.46. The van der Waals surface area contributed by atoms with Gasteiger partial charge in [0.25, 0.3) is 11.5 Å². The van der Waals surface area contributed by atoms with Crippen LogP contribution in [0.25, 0.3) is 0 Å². The minimum Gasteiger partial charge on any atom is -0.452 e. The number of rotatable bonds is 10. The predicted molar refractivity (Wildman–Crippen MR) is 116 cm³/mol. The van der Waals surface area contributed by atoms with E-state index in [1.54, 1.807) is 6.92 Å². The molecule has 31 heavy (non-hydrogen) atoms. The van der Waals surface area contributed by atoms with E-state index in [1.807, 2.05) is 6.92 Å². The Balaban J connectivity index is 2.33. The zero-order chi connectivity index (χ0) is 23.1. The molecule has 0 atom stereocenters. The van der Waals surface area contributed by atoms with Crippen LogP contribution in [-0.4, -0.2) is 52.7 Å². The highest BCUT2D eigenvalue weighted by molar-refractivity contribution is 7.10. The number of hydrogen-bond donors (Lipinski definition) is 3. The van der Waals surface area contributed by atoms with Gasteiger partial charge >= 0.3 is 11.7 Å². The van der Waals surface area contributed by atoms with E-state index in [0.29, 0.717) is 12.1 Å². The Hall–Kier alpha value is -3.19. The molecule has 0 aromatic carbocycles. The highest BCUT2D eigenvalue weighted by atomic mass is 32.1. The van der Waals surface area contributed by atoms with Crippen LogP contribution in [0.15, 0.2) is 9.59 Å². The lowest BCUT2D eigenvalue weighted by molar-refractivity contribution is -0.121. The smallest absolute Gasteiger partial charge is 0.343 e. The van der Waals surface area contributed by atoms with E-state index in [2.05, 4.69) is 9.36 Å². The molecule has 0 aliphatic rings. The van der Waals surface area contributed by atoms with Gasteiger partial charge < -0.3 is 20.9 Å². The first kappa shape index (κ1) is 24.1. The third kappa shape index (κ3) is 5.49.